The summed E-state index contributed by atoms with van der Waals surface area (Å²) in [5.41, 5.74) is 0.779. The molecule has 0 fully saturated rings. The zero-order valence-electron chi connectivity index (χ0n) is 14.7. The van der Waals surface area contributed by atoms with Crippen molar-refractivity contribution >= 4 is 21.8 Å². The number of rotatable bonds is 7. The van der Waals surface area contributed by atoms with Gasteiger partial charge in [0.1, 0.15) is 12.4 Å². The van der Waals surface area contributed by atoms with Crippen LogP contribution in [0.3, 0.4) is 0 Å². The van der Waals surface area contributed by atoms with E-state index in [1.807, 2.05) is 30.3 Å². The smallest absolute Gasteiger partial charge is 0.412 e. The minimum atomic E-state index is -3.70. The molecule has 0 aliphatic rings. The Balaban J connectivity index is 2.13. The highest BCUT2D eigenvalue weighted by atomic mass is 32.2. The molecule has 2 aromatic carbocycles. The molecule has 26 heavy (non-hydrogen) atoms. The standard InChI is InChI=1S/C18H22N2O5S/c1-3-20(4-2)26(23,24)15-10-11-17(21)16(12-15)19-18(22)25-13-14-8-6-5-7-9-14/h5-12,21H,3-4,13H2,1-2H3,(H,19,22). The summed E-state index contributed by atoms with van der Waals surface area (Å²) in [7, 11) is -3.70. The number of carbonyl (C=O) groups excluding carboxylic acids is 1. The fourth-order valence-corrected chi connectivity index (χ4v) is 3.84. The van der Waals surface area contributed by atoms with E-state index in [2.05, 4.69) is 5.32 Å². The molecule has 0 bridgehead atoms. The Morgan fingerprint density at radius 2 is 1.77 bits per heavy atom. The molecular formula is C18H22N2O5S. The molecule has 1 amide bonds. The lowest BCUT2D eigenvalue weighted by Crippen LogP contribution is -2.30. The molecule has 8 heteroatoms. The summed E-state index contributed by atoms with van der Waals surface area (Å²) < 4.78 is 31.5. The number of nitrogens with zero attached hydrogens (tertiary/aromatic N) is 1. The first-order valence-corrected chi connectivity index (χ1v) is 9.63. The van der Waals surface area contributed by atoms with Crippen LogP contribution < -0.4 is 5.32 Å². The van der Waals surface area contributed by atoms with Crippen molar-refractivity contribution in [3.05, 3.63) is 54.1 Å². The maximum absolute atomic E-state index is 12.6. The number of amides is 1. The monoisotopic (exact) mass is 378 g/mol. The van der Waals surface area contributed by atoms with Crippen molar-refractivity contribution in [2.45, 2.75) is 25.3 Å². The van der Waals surface area contributed by atoms with Gasteiger partial charge in [0, 0.05) is 13.1 Å². The van der Waals surface area contributed by atoms with Crippen LogP contribution in [-0.2, 0) is 21.4 Å². The number of phenolic OH excluding ortho intramolecular Hbond substituents is 1. The van der Waals surface area contributed by atoms with E-state index in [0.29, 0.717) is 13.1 Å². The predicted molar refractivity (Wildman–Crippen MR) is 98.5 cm³/mol. The zero-order chi connectivity index (χ0) is 19.2. The van der Waals surface area contributed by atoms with Gasteiger partial charge in [-0.1, -0.05) is 44.2 Å². The molecule has 0 saturated carbocycles. The summed E-state index contributed by atoms with van der Waals surface area (Å²) in [6, 6.07) is 12.8. The average Bonchev–Trinajstić information content (AvgIpc) is 2.63. The molecule has 2 rings (SSSR count). The lowest BCUT2D eigenvalue weighted by molar-refractivity contribution is 0.155. The van der Waals surface area contributed by atoms with Crippen molar-refractivity contribution in [2.24, 2.45) is 0 Å². The summed E-state index contributed by atoms with van der Waals surface area (Å²) in [6.45, 7) is 4.18. The molecule has 0 radical (unpaired) electrons. The number of benzene rings is 2. The fourth-order valence-electron chi connectivity index (χ4n) is 2.36. The topological polar surface area (TPSA) is 95.9 Å². The molecular weight excluding hydrogens is 356 g/mol. The summed E-state index contributed by atoms with van der Waals surface area (Å²) in [5, 5.41) is 12.3. The Morgan fingerprint density at radius 1 is 1.12 bits per heavy atom. The van der Waals surface area contributed by atoms with Gasteiger partial charge in [-0.05, 0) is 23.8 Å². The van der Waals surface area contributed by atoms with Crippen LogP contribution in [0.4, 0.5) is 10.5 Å². The first-order chi connectivity index (χ1) is 12.4. The van der Waals surface area contributed by atoms with Gasteiger partial charge in [0.05, 0.1) is 10.6 Å². The third kappa shape index (κ3) is 4.74. The molecule has 0 spiro atoms. The quantitative estimate of drug-likeness (QED) is 0.722. The van der Waals surface area contributed by atoms with E-state index in [0.717, 1.165) is 5.56 Å². The second-order valence-corrected chi connectivity index (χ2v) is 7.39. The number of nitrogens with one attached hydrogen (secondary N) is 1. The van der Waals surface area contributed by atoms with Crippen molar-refractivity contribution in [3.8, 4) is 5.75 Å². The summed E-state index contributed by atoms with van der Waals surface area (Å²) in [5.74, 6) is -0.250. The Bertz CT molecular complexity index is 849. The van der Waals surface area contributed by atoms with Crippen molar-refractivity contribution in [1.29, 1.82) is 0 Å². The van der Waals surface area contributed by atoms with Gasteiger partial charge >= 0.3 is 6.09 Å². The molecule has 2 N–H and O–H groups in total. The van der Waals surface area contributed by atoms with E-state index in [1.54, 1.807) is 13.8 Å². The number of ether oxygens (including phenoxy) is 1. The van der Waals surface area contributed by atoms with Crippen molar-refractivity contribution in [3.63, 3.8) is 0 Å². The number of sulfonamides is 1. The van der Waals surface area contributed by atoms with Gasteiger partial charge in [-0.2, -0.15) is 4.31 Å². The van der Waals surface area contributed by atoms with Crippen LogP contribution in [0.25, 0.3) is 0 Å². The zero-order valence-corrected chi connectivity index (χ0v) is 15.5. The maximum atomic E-state index is 12.6. The van der Waals surface area contributed by atoms with E-state index in [1.165, 1.54) is 22.5 Å². The number of anilines is 1. The van der Waals surface area contributed by atoms with Gasteiger partial charge in [-0.25, -0.2) is 13.2 Å². The average molecular weight is 378 g/mol. The Kier molecular flexibility index (Phi) is 6.59. The fraction of sp³-hybridized carbons (Fsp3) is 0.278. The molecule has 140 valence electrons. The minimum absolute atomic E-state index is 0.0163. The minimum Gasteiger partial charge on any atom is -0.506 e. The van der Waals surface area contributed by atoms with Crippen LogP contribution in [-0.4, -0.2) is 37.0 Å². The Morgan fingerprint density at radius 3 is 2.38 bits per heavy atom. The van der Waals surface area contributed by atoms with E-state index in [9.17, 15) is 18.3 Å². The molecule has 0 aliphatic carbocycles. The maximum Gasteiger partial charge on any atom is 0.412 e. The SMILES string of the molecule is CCN(CC)S(=O)(=O)c1ccc(O)c(NC(=O)OCc2ccccc2)c1. The highest BCUT2D eigenvalue weighted by molar-refractivity contribution is 7.89. The first kappa shape index (κ1) is 19.7. The first-order valence-electron chi connectivity index (χ1n) is 8.19. The van der Waals surface area contributed by atoms with E-state index < -0.39 is 16.1 Å². The number of hydrogen-bond donors (Lipinski definition) is 2. The van der Waals surface area contributed by atoms with Crippen LogP contribution in [0.15, 0.2) is 53.4 Å². The van der Waals surface area contributed by atoms with Crippen LogP contribution in [0.1, 0.15) is 19.4 Å². The van der Waals surface area contributed by atoms with Crippen LogP contribution in [0.2, 0.25) is 0 Å². The molecule has 0 heterocycles. The van der Waals surface area contributed by atoms with E-state index in [-0.39, 0.29) is 22.9 Å². The molecule has 7 nitrogen and oxygen atoms in total. The third-order valence-corrected chi connectivity index (χ3v) is 5.81. The van der Waals surface area contributed by atoms with Crippen LogP contribution in [0, 0.1) is 0 Å². The molecule has 0 aliphatic heterocycles. The predicted octanol–water partition coefficient (Wildman–Crippen LogP) is 3.17. The summed E-state index contributed by atoms with van der Waals surface area (Å²) in [4.78, 5) is 11.9. The normalized spacial score (nSPS) is 11.3. The highest BCUT2D eigenvalue weighted by Gasteiger charge is 2.23. The second kappa shape index (κ2) is 8.68. The van der Waals surface area contributed by atoms with Crippen molar-refractivity contribution < 1.29 is 23.1 Å². The van der Waals surface area contributed by atoms with Crippen LogP contribution >= 0.6 is 0 Å². The Labute approximate surface area is 153 Å². The van der Waals surface area contributed by atoms with Crippen molar-refractivity contribution in [2.75, 3.05) is 18.4 Å². The van der Waals surface area contributed by atoms with Gasteiger partial charge in [-0.3, -0.25) is 5.32 Å². The Hall–Kier alpha value is -2.58. The van der Waals surface area contributed by atoms with Gasteiger partial charge < -0.3 is 9.84 Å². The molecule has 0 unspecified atom stereocenters. The number of phenols is 1. The van der Waals surface area contributed by atoms with Gasteiger partial charge in [0.25, 0.3) is 0 Å². The summed E-state index contributed by atoms with van der Waals surface area (Å²) >= 11 is 0. The van der Waals surface area contributed by atoms with Crippen molar-refractivity contribution in [1.82, 2.24) is 4.31 Å². The molecule has 2 aromatic rings. The highest BCUT2D eigenvalue weighted by Crippen LogP contribution is 2.28. The molecule has 0 saturated heterocycles. The van der Waals surface area contributed by atoms with Gasteiger partial charge in [0.15, 0.2) is 0 Å². The number of hydrogen-bond acceptors (Lipinski definition) is 5. The van der Waals surface area contributed by atoms with Gasteiger partial charge in [-0.15, -0.1) is 0 Å². The molecule has 0 aromatic heterocycles. The lowest BCUT2D eigenvalue weighted by atomic mass is 10.2. The largest absolute Gasteiger partial charge is 0.506 e. The third-order valence-electron chi connectivity index (χ3n) is 3.76. The second-order valence-electron chi connectivity index (χ2n) is 5.46. The van der Waals surface area contributed by atoms with Gasteiger partial charge in [0.2, 0.25) is 10.0 Å². The number of aromatic hydroxyl groups is 1. The van der Waals surface area contributed by atoms with E-state index in [4.69, 9.17) is 4.74 Å². The summed E-state index contributed by atoms with van der Waals surface area (Å²) in [6.07, 6.45) is -0.790. The molecule has 0 atom stereocenters. The lowest BCUT2D eigenvalue weighted by Gasteiger charge is -2.19. The van der Waals surface area contributed by atoms with E-state index >= 15 is 0 Å². The van der Waals surface area contributed by atoms with Crippen LogP contribution in [0.5, 0.6) is 5.75 Å². The number of carbonyl (C=O) groups is 1.